The van der Waals surface area contributed by atoms with Crippen molar-refractivity contribution >= 4 is 23.3 Å². The fourth-order valence-electron chi connectivity index (χ4n) is 2.06. The third-order valence-corrected chi connectivity index (χ3v) is 2.89. The van der Waals surface area contributed by atoms with Crippen LogP contribution in [-0.2, 0) is 14.3 Å². The van der Waals surface area contributed by atoms with E-state index >= 15 is 0 Å². The third kappa shape index (κ3) is 2.37. The van der Waals surface area contributed by atoms with E-state index in [2.05, 4.69) is 0 Å². The normalized spacial score (nSPS) is 12.3. The molecule has 2 rings (SSSR count). The van der Waals surface area contributed by atoms with Gasteiger partial charge in [0, 0.05) is 23.8 Å². The molecule has 5 heteroatoms. The van der Waals surface area contributed by atoms with Crippen LogP contribution in [0.3, 0.4) is 0 Å². The molecule has 1 atom stereocenters. The number of methoxy groups -OCH3 is 1. The minimum atomic E-state index is -0.680. The zero-order valence-electron chi connectivity index (χ0n) is 10.8. The highest BCUT2D eigenvalue weighted by molar-refractivity contribution is 5.93. The Morgan fingerprint density at radius 1 is 1.42 bits per heavy atom. The van der Waals surface area contributed by atoms with Gasteiger partial charge in [0.25, 0.3) is 0 Å². The predicted octanol–water partition coefficient (Wildman–Crippen LogP) is 2.53. The van der Waals surface area contributed by atoms with Crippen LogP contribution in [-0.4, -0.2) is 30.7 Å². The Hall–Kier alpha value is -2.14. The average molecular weight is 261 g/mol. The number of carbonyl (C=O) groups excluding carboxylic acids is 2. The maximum atomic E-state index is 11.7. The molecule has 0 amide bonds. The van der Waals surface area contributed by atoms with E-state index in [-0.39, 0.29) is 0 Å². The molecular formula is C14H15NO4. The smallest absolute Gasteiger partial charge is 0.418 e. The molecule has 5 nitrogen and oxygen atoms in total. The van der Waals surface area contributed by atoms with Gasteiger partial charge >= 0.3 is 6.09 Å². The number of fused-ring (bicyclic) bond motifs is 1. The van der Waals surface area contributed by atoms with Crippen molar-refractivity contribution in [1.29, 1.82) is 0 Å². The number of benzene rings is 1. The topological polar surface area (TPSA) is 57.5 Å². The van der Waals surface area contributed by atoms with Crippen molar-refractivity contribution < 1.29 is 19.1 Å². The molecule has 0 aliphatic carbocycles. The van der Waals surface area contributed by atoms with Crippen LogP contribution in [0.15, 0.2) is 30.5 Å². The Balaban J connectivity index is 2.61. The maximum absolute atomic E-state index is 11.7. The lowest BCUT2D eigenvalue weighted by atomic mass is 10.1. The van der Waals surface area contributed by atoms with Crippen molar-refractivity contribution in [3.8, 4) is 0 Å². The van der Waals surface area contributed by atoms with Gasteiger partial charge in [-0.1, -0.05) is 18.2 Å². The summed E-state index contributed by atoms with van der Waals surface area (Å²) in [7, 11) is 1.32. The Morgan fingerprint density at radius 2 is 2.16 bits per heavy atom. The monoisotopic (exact) mass is 261 g/mol. The molecule has 0 N–H and O–H groups in total. The second-order valence-corrected chi connectivity index (χ2v) is 3.95. The van der Waals surface area contributed by atoms with Gasteiger partial charge in [-0.3, -0.25) is 4.57 Å². The number of carbonyl (C=O) groups is 2. The number of aldehydes is 1. The molecule has 1 unspecified atom stereocenters. The number of aromatic nitrogens is 1. The van der Waals surface area contributed by atoms with Gasteiger partial charge in [0.05, 0.1) is 12.6 Å². The van der Waals surface area contributed by atoms with Gasteiger partial charge < -0.3 is 14.3 Å². The van der Waals surface area contributed by atoms with Gasteiger partial charge in [-0.25, -0.2) is 4.79 Å². The Labute approximate surface area is 110 Å². The highest BCUT2D eigenvalue weighted by Crippen LogP contribution is 2.27. The van der Waals surface area contributed by atoms with Crippen molar-refractivity contribution in [2.24, 2.45) is 0 Å². The van der Waals surface area contributed by atoms with E-state index in [1.807, 2.05) is 25.1 Å². The first-order chi connectivity index (χ1) is 9.22. The van der Waals surface area contributed by atoms with Crippen LogP contribution >= 0.6 is 0 Å². The Morgan fingerprint density at radius 3 is 2.79 bits per heavy atom. The highest BCUT2D eigenvalue weighted by Gasteiger charge is 2.20. The van der Waals surface area contributed by atoms with Crippen molar-refractivity contribution in [3.05, 3.63) is 36.0 Å². The molecule has 0 spiro atoms. The summed E-state index contributed by atoms with van der Waals surface area (Å²) in [6.07, 6.45) is 1.14. The molecule has 1 aromatic heterocycles. The molecule has 0 aliphatic rings. The van der Waals surface area contributed by atoms with Crippen LogP contribution in [0.4, 0.5) is 4.79 Å². The summed E-state index contributed by atoms with van der Waals surface area (Å²) in [6, 6.07) is 7.31. The van der Waals surface area contributed by atoms with Crippen molar-refractivity contribution in [3.63, 3.8) is 0 Å². The minimum Gasteiger partial charge on any atom is -0.452 e. The number of nitrogens with zero attached hydrogens (tertiary/aromatic N) is 1. The second kappa shape index (κ2) is 5.67. The number of rotatable bonds is 4. The van der Waals surface area contributed by atoms with Gasteiger partial charge in [-0.2, -0.15) is 0 Å². The van der Waals surface area contributed by atoms with Crippen molar-refractivity contribution in [2.45, 2.75) is 13.0 Å². The quantitative estimate of drug-likeness (QED) is 0.793. The van der Waals surface area contributed by atoms with Crippen LogP contribution < -0.4 is 0 Å². The van der Waals surface area contributed by atoms with Crippen molar-refractivity contribution in [2.75, 3.05) is 13.7 Å². The third-order valence-electron chi connectivity index (χ3n) is 2.89. The number of ether oxygens (including phenoxy) is 2. The molecule has 0 radical (unpaired) electrons. The Kier molecular flexibility index (Phi) is 3.97. The molecule has 1 heterocycles. The number of hydrogen-bond donors (Lipinski definition) is 0. The van der Waals surface area contributed by atoms with Gasteiger partial charge in [-0.15, -0.1) is 0 Å². The SMILES string of the molecule is CCOC(C=O)c1cn(C(=O)OC)c2ccccc12. The molecule has 0 aliphatic heterocycles. The second-order valence-electron chi connectivity index (χ2n) is 3.95. The number of hydrogen-bond acceptors (Lipinski definition) is 4. The summed E-state index contributed by atoms with van der Waals surface area (Å²) in [5, 5.41) is 0.804. The summed E-state index contributed by atoms with van der Waals surface area (Å²) in [6.45, 7) is 2.23. The molecule has 2 aromatic rings. The highest BCUT2D eigenvalue weighted by atomic mass is 16.5. The van der Waals surface area contributed by atoms with E-state index in [0.717, 1.165) is 11.7 Å². The molecule has 0 bridgehead atoms. The van der Waals surface area contributed by atoms with Crippen LogP contribution in [0, 0.1) is 0 Å². The summed E-state index contributed by atoms with van der Waals surface area (Å²) >= 11 is 0. The summed E-state index contributed by atoms with van der Waals surface area (Å²) in [4.78, 5) is 22.9. The zero-order valence-corrected chi connectivity index (χ0v) is 10.8. The number of para-hydroxylation sites is 1. The molecule has 0 saturated carbocycles. The molecular weight excluding hydrogens is 246 g/mol. The summed E-state index contributed by atoms with van der Waals surface area (Å²) in [5.74, 6) is 0. The van der Waals surface area contributed by atoms with Gasteiger partial charge in [0.15, 0.2) is 6.29 Å². The van der Waals surface area contributed by atoms with E-state index in [1.54, 1.807) is 12.3 Å². The van der Waals surface area contributed by atoms with Crippen LogP contribution in [0.25, 0.3) is 10.9 Å². The first-order valence-corrected chi connectivity index (χ1v) is 5.98. The summed E-state index contributed by atoms with van der Waals surface area (Å²) < 4.78 is 11.5. The average Bonchev–Trinajstić information content (AvgIpc) is 2.83. The largest absolute Gasteiger partial charge is 0.452 e. The predicted molar refractivity (Wildman–Crippen MR) is 70.2 cm³/mol. The molecule has 1 aromatic carbocycles. The van der Waals surface area contributed by atoms with Gasteiger partial charge in [-0.05, 0) is 13.0 Å². The molecule has 100 valence electrons. The zero-order chi connectivity index (χ0) is 13.8. The fourth-order valence-corrected chi connectivity index (χ4v) is 2.06. The first kappa shape index (κ1) is 13.3. The van der Waals surface area contributed by atoms with E-state index in [1.165, 1.54) is 11.7 Å². The minimum absolute atomic E-state index is 0.418. The molecule has 19 heavy (non-hydrogen) atoms. The summed E-state index contributed by atoms with van der Waals surface area (Å²) in [5.41, 5.74) is 1.36. The van der Waals surface area contributed by atoms with E-state index < -0.39 is 12.2 Å². The lowest BCUT2D eigenvalue weighted by Crippen LogP contribution is -2.10. The standard InChI is InChI=1S/C14H15NO4/c1-3-19-13(9-16)11-8-15(14(17)18-2)12-7-5-4-6-10(11)12/h4-9,13H,3H2,1-2H3. The van der Waals surface area contributed by atoms with E-state index in [4.69, 9.17) is 9.47 Å². The van der Waals surface area contributed by atoms with Gasteiger partial charge in [0.2, 0.25) is 0 Å². The fraction of sp³-hybridized carbons (Fsp3) is 0.286. The lowest BCUT2D eigenvalue weighted by Gasteiger charge is -2.08. The van der Waals surface area contributed by atoms with E-state index in [9.17, 15) is 9.59 Å². The van der Waals surface area contributed by atoms with E-state index in [0.29, 0.717) is 17.7 Å². The first-order valence-electron chi connectivity index (χ1n) is 5.98. The lowest BCUT2D eigenvalue weighted by molar-refractivity contribution is -0.118. The van der Waals surface area contributed by atoms with Crippen LogP contribution in [0.5, 0.6) is 0 Å². The Bertz CT molecular complexity index is 603. The van der Waals surface area contributed by atoms with Crippen LogP contribution in [0.1, 0.15) is 18.6 Å². The maximum Gasteiger partial charge on any atom is 0.418 e. The van der Waals surface area contributed by atoms with Crippen LogP contribution in [0.2, 0.25) is 0 Å². The van der Waals surface area contributed by atoms with Gasteiger partial charge in [0.1, 0.15) is 6.10 Å². The molecule has 0 saturated heterocycles. The molecule has 0 fully saturated rings. The van der Waals surface area contributed by atoms with Crippen molar-refractivity contribution in [1.82, 2.24) is 4.57 Å².